The molecule has 0 spiro atoms. The molecule has 0 radical (unpaired) electrons. The van der Waals surface area contributed by atoms with E-state index < -0.39 is 9.85 Å². The van der Waals surface area contributed by atoms with Crippen molar-refractivity contribution in [3.8, 4) is 0 Å². The van der Waals surface area contributed by atoms with Gasteiger partial charge in [-0.2, -0.15) is 0 Å². The second kappa shape index (κ2) is 5.54. The van der Waals surface area contributed by atoms with Crippen LogP contribution in [0.1, 0.15) is 31.7 Å². The van der Waals surface area contributed by atoms with Gasteiger partial charge in [0, 0.05) is 24.7 Å². The highest BCUT2D eigenvalue weighted by molar-refractivity contribution is 5.49. The third kappa shape index (κ3) is 3.11. The molecule has 20 heavy (non-hydrogen) atoms. The van der Waals surface area contributed by atoms with Gasteiger partial charge in [-0.05, 0) is 24.3 Å². The lowest BCUT2D eigenvalue weighted by atomic mass is 9.70. The molecular formula is C13H17N3O4. The molecule has 0 aromatic heterocycles. The van der Waals surface area contributed by atoms with Crippen LogP contribution in [0.25, 0.3) is 0 Å². The summed E-state index contributed by atoms with van der Waals surface area (Å²) in [7, 11) is 0. The molecule has 2 rings (SSSR count). The average Bonchev–Trinajstić information content (AvgIpc) is 2.36. The maximum Gasteiger partial charge on any atom is 0.280 e. The third-order valence-electron chi connectivity index (χ3n) is 3.90. The van der Waals surface area contributed by atoms with Crippen molar-refractivity contribution >= 4 is 11.4 Å². The van der Waals surface area contributed by atoms with Crippen LogP contribution < -0.4 is 5.32 Å². The first kappa shape index (κ1) is 14.4. The Bertz CT molecular complexity index is 540. The number of nitro benzene ring substituents is 2. The number of hydrogen-bond acceptors (Lipinski definition) is 5. The van der Waals surface area contributed by atoms with Crippen molar-refractivity contribution in [1.82, 2.24) is 5.32 Å². The molecule has 1 saturated carbocycles. The Balaban J connectivity index is 2.06. The lowest BCUT2D eigenvalue weighted by Gasteiger charge is -2.38. The van der Waals surface area contributed by atoms with Crippen LogP contribution in [0.4, 0.5) is 11.4 Å². The number of nitro groups is 2. The molecule has 7 nitrogen and oxygen atoms in total. The normalized spacial score (nSPS) is 16.4. The van der Waals surface area contributed by atoms with Gasteiger partial charge in [0.1, 0.15) is 0 Å². The summed E-state index contributed by atoms with van der Waals surface area (Å²) in [5.74, 6) is 0. The number of hydrogen-bond donors (Lipinski definition) is 1. The summed E-state index contributed by atoms with van der Waals surface area (Å²) >= 11 is 0. The van der Waals surface area contributed by atoms with Crippen LogP contribution in [0.2, 0.25) is 0 Å². The van der Waals surface area contributed by atoms with Gasteiger partial charge in [-0.15, -0.1) is 0 Å². The Hall–Kier alpha value is -2.02. The van der Waals surface area contributed by atoms with E-state index in [1.165, 1.54) is 31.4 Å². The lowest BCUT2D eigenvalue weighted by molar-refractivity contribution is -0.394. The van der Waals surface area contributed by atoms with Gasteiger partial charge in [-0.25, -0.2) is 0 Å². The Labute approximate surface area is 116 Å². The largest absolute Gasteiger partial charge is 0.312 e. The van der Waals surface area contributed by atoms with E-state index in [0.29, 0.717) is 12.1 Å². The smallest absolute Gasteiger partial charge is 0.280 e. The quantitative estimate of drug-likeness (QED) is 0.637. The summed E-state index contributed by atoms with van der Waals surface area (Å²) in [6.45, 7) is 3.35. The zero-order valence-electron chi connectivity index (χ0n) is 11.3. The third-order valence-corrected chi connectivity index (χ3v) is 3.90. The van der Waals surface area contributed by atoms with Gasteiger partial charge >= 0.3 is 0 Å². The standard InChI is InChI=1S/C13H17N3O4/c1-13(5-2-6-13)9-14-8-10-3-4-11(15(17)18)7-12(10)16(19)20/h3-4,7,14H,2,5-6,8-9H2,1H3. The molecule has 1 aromatic rings. The van der Waals surface area contributed by atoms with Crippen LogP contribution in [0.5, 0.6) is 0 Å². The maximum absolute atomic E-state index is 11.0. The minimum absolute atomic E-state index is 0.203. The fourth-order valence-corrected chi connectivity index (χ4v) is 2.44. The van der Waals surface area contributed by atoms with Crippen molar-refractivity contribution in [2.45, 2.75) is 32.7 Å². The van der Waals surface area contributed by atoms with Crippen LogP contribution >= 0.6 is 0 Å². The molecular weight excluding hydrogens is 262 g/mol. The second-order valence-corrected chi connectivity index (χ2v) is 5.60. The van der Waals surface area contributed by atoms with Crippen molar-refractivity contribution in [3.05, 3.63) is 44.0 Å². The molecule has 1 N–H and O–H groups in total. The Morgan fingerprint density at radius 1 is 1.25 bits per heavy atom. The van der Waals surface area contributed by atoms with E-state index in [9.17, 15) is 20.2 Å². The van der Waals surface area contributed by atoms with Gasteiger partial charge < -0.3 is 5.32 Å². The molecule has 0 atom stereocenters. The molecule has 0 saturated heterocycles. The Kier molecular flexibility index (Phi) is 3.99. The number of non-ortho nitro benzene ring substituents is 1. The molecule has 0 amide bonds. The summed E-state index contributed by atoms with van der Waals surface area (Å²) in [5.41, 5.74) is 0.302. The monoisotopic (exact) mass is 279 g/mol. The second-order valence-electron chi connectivity index (χ2n) is 5.60. The molecule has 0 unspecified atom stereocenters. The van der Waals surface area contributed by atoms with Gasteiger partial charge in [0.05, 0.1) is 15.9 Å². The fraction of sp³-hybridized carbons (Fsp3) is 0.538. The van der Waals surface area contributed by atoms with E-state index in [0.717, 1.165) is 12.6 Å². The first-order valence-electron chi connectivity index (χ1n) is 6.54. The average molecular weight is 279 g/mol. The summed E-state index contributed by atoms with van der Waals surface area (Å²) in [5, 5.41) is 24.8. The predicted octanol–water partition coefficient (Wildman–Crippen LogP) is 2.78. The highest BCUT2D eigenvalue weighted by atomic mass is 16.6. The molecule has 1 aromatic carbocycles. The summed E-state index contributed by atoms with van der Waals surface area (Å²) in [6.07, 6.45) is 3.57. The summed E-state index contributed by atoms with van der Waals surface area (Å²) in [6, 6.07) is 3.77. The van der Waals surface area contributed by atoms with E-state index in [1.54, 1.807) is 0 Å². The van der Waals surface area contributed by atoms with E-state index in [2.05, 4.69) is 12.2 Å². The Morgan fingerprint density at radius 3 is 2.45 bits per heavy atom. The maximum atomic E-state index is 11.0. The highest BCUT2D eigenvalue weighted by Crippen LogP contribution is 2.39. The van der Waals surface area contributed by atoms with Gasteiger partial charge in [0.15, 0.2) is 0 Å². The van der Waals surface area contributed by atoms with Crippen molar-refractivity contribution in [2.75, 3.05) is 6.54 Å². The molecule has 1 aliphatic rings. The minimum atomic E-state index is -0.625. The van der Waals surface area contributed by atoms with Gasteiger partial charge in [-0.3, -0.25) is 20.2 Å². The molecule has 0 aliphatic heterocycles. The summed E-state index contributed by atoms with van der Waals surface area (Å²) < 4.78 is 0. The summed E-state index contributed by atoms with van der Waals surface area (Å²) in [4.78, 5) is 20.4. The predicted molar refractivity (Wildman–Crippen MR) is 73.4 cm³/mol. The fourth-order valence-electron chi connectivity index (χ4n) is 2.44. The number of rotatable bonds is 6. The minimum Gasteiger partial charge on any atom is -0.312 e. The van der Waals surface area contributed by atoms with Crippen LogP contribution in [-0.4, -0.2) is 16.4 Å². The molecule has 1 aliphatic carbocycles. The van der Waals surface area contributed by atoms with E-state index in [1.807, 2.05) is 0 Å². The van der Waals surface area contributed by atoms with Crippen molar-refractivity contribution < 1.29 is 9.85 Å². The van der Waals surface area contributed by atoms with E-state index in [-0.39, 0.29) is 16.8 Å². The van der Waals surface area contributed by atoms with Gasteiger partial charge in [-0.1, -0.05) is 13.3 Å². The lowest BCUT2D eigenvalue weighted by Crippen LogP contribution is -2.37. The van der Waals surface area contributed by atoms with Crippen LogP contribution in [0.15, 0.2) is 18.2 Å². The molecule has 1 fully saturated rings. The van der Waals surface area contributed by atoms with Crippen LogP contribution in [-0.2, 0) is 6.54 Å². The Morgan fingerprint density at radius 2 is 1.95 bits per heavy atom. The molecule has 0 bridgehead atoms. The van der Waals surface area contributed by atoms with Gasteiger partial charge in [0.25, 0.3) is 11.4 Å². The van der Waals surface area contributed by atoms with E-state index in [4.69, 9.17) is 0 Å². The highest BCUT2D eigenvalue weighted by Gasteiger charge is 2.31. The number of nitrogens with zero attached hydrogens (tertiary/aromatic N) is 2. The van der Waals surface area contributed by atoms with Gasteiger partial charge in [0.2, 0.25) is 0 Å². The topological polar surface area (TPSA) is 98.3 Å². The van der Waals surface area contributed by atoms with Crippen LogP contribution in [0.3, 0.4) is 0 Å². The SMILES string of the molecule is CC1(CNCc2ccc([N+](=O)[O-])cc2[N+](=O)[O-])CCC1. The first-order chi connectivity index (χ1) is 9.41. The zero-order valence-corrected chi connectivity index (χ0v) is 11.3. The number of nitrogens with one attached hydrogen (secondary N) is 1. The molecule has 7 heteroatoms. The van der Waals surface area contributed by atoms with Crippen molar-refractivity contribution in [3.63, 3.8) is 0 Å². The molecule has 108 valence electrons. The van der Waals surface area contributed by atoms with Crippen LogP contribution in [0, 0.1) is 25.6 Å². The first-order valence-corrected chi connectivity index (χ1v) is 6.54. The van der Waals surface area contributed by atoms with Crippen molar-refractivity contribution in [1.29, 1.82) is 0 Å². The van der Waals surface area contributed by atoms with E-state index >= 15 is 0 Å². The zero-order chi connectivity index (χ0) is 14.8. The number of benzene rings is 1. The van der Waals surface area contributed by atoms with Crippen molar-refractivity contribution in [2.24, 2.45) is 5.41 Å². The molecule has 0 heterocycles.